The molecule has 1 saturated carbocycles. The second kappa shape index (κ2) is 9.62. The molecule has 0 aromatic heterocycles. The number of hydrogen-bond acceptors (Lipinski definition) is 4. The number of ether oxygens (including phenoxy) is 2. The molecular weight excluding hydrogens is 363 g/mol. The van der Waals surface area contributed by atoms with Crippen LogP contribution >= 0.6 is 24.0 Å². The number of carbonyl (C=O) groups is 1. The van der Waals surface area contributed by atoms with Crippen molar-refractivity contribution in [2.24, 2.45) is 11.7 Å². The Labute approximate surface area is 160 Å². The van der Waals surface area contributed by atoms with Gasteiger partial charge >= 0.3 is 0 Å². The van der Waals surface area contributed by atoms with Crippen LogP contribution in [0.4, 0.5) is 5.69 Å². The van der Waals surface area contributed by atoms with Crippen molar-refractivity contribution < 1.29 is 14.3 Å². The van der Waals surface area contributed by atoms with Gasteiger partial charge < -0.3 is 20.5 Å². The van der Waals surface area contributed by atoms with Crippen LogP contribution in [0.25, 0.3) is 0 Å². The molecule has 2 fully saturated rings. The summed E-state index contributed by atoms with van der Waals surface area (Å²) in [5, 5.41) is 3.37. The van der Waals surface area contributed by atoms with E-state index in [0.29, 0.717) is 29.7 Å². The number of anilines is 1. The first-order valence-corrected chi connectivity index (χ1v) is 9.11. The summed E-state index contributed by atoms with van der Waals surface area (Å²) in [4.78, 5) is 12.3. The number of amides is 1. The summed E-state index contributed by atoms with van der Waals surface area (Å²) in [6.45, 7) is 1.34. The van der Waals surface area contributed by atoms with Crippen LogP contribution in [0.2, 0.25) is 5.02 Å². The molecule has 3 N–H and O–H groups in total. The Hall–Kier alpha value is -1.01. The maximum atomic E-state index is 12.3. The highest BCUT2D eigenvalue weighted by molar-refractivity contribution is 6.32. The first-order chi connectivity index (χ1) is 11.6. The molecule has 2 aliphatic rings. The van der Waals surface area contributed by atoms with E-state index in [4.69, 9.17) is 26.8 Å². The second-order valence-electron chi connectivity index (χ2n) is 6.63. The van der Waals surface area contributed by atoms with Crippen molar-refractivity contribution in [1.82, 2.24) is 0 Å². The maximum absolute atomic E-state index is 12.3. The van der Waals surface area contributed by atoms with Crippen molar-refractivity contribution in [1.29, 1.82) is 0 Å². The summed E-state index contributed by atoms with van der Waals surface area (Å²) in [5.41, 5.74) is 6.74. The zero-order chi connectivity index (χ0) is 16.9. The summed E-state index contributed by atoms with van der Waals surface area (Å²) in [5.74, 6) is 0.664. The lowest BCUT2D eigenvalue weighted by Crippen LogP contribution is -2.44. The molecule has 1 aromatic rings. The quantitative estimate of drug-likeness (QED) is 0.804. The number of benzene rings is 1. The number of halogens is 2. The van der Waals surface area contributed by atoms with Gasteiger partial charge in [0.15, 0.2) is 0 Å². The number of hydrogen-bond donors (Lipinski definition) is 2. The fourth-order valence-corrected chi connectivity index (χ4v) is 3.60. The topological polar surface area (TPSA) is 73.6 Å². The van der Waals surface area contributed by atoms with Gasteiger partial charge in [0.2, 0.25) is 5.91 Å². The van der Waals surface area contributed by atoms with Crippen LogP contribution in [0.3, 0.4) is 0 Å². The second-order valence-corrected chi connectivity index (χ2v) is 7.04. The molecule has 5 nitrogen and oxygen atoms in total. The van der Waals surface area contributed by atoms with Gasteiger partial charge in [-0.05, 0) is 62.6 Å². The molecular formula is C18H26Cl2N2O3. The van der Waals surface area contributed by atoms with E-state index in [1.165, 1.54) is 12.8 Å². The molecule has 1 aromatic carbocycles. The standard InChI is InChI=1S/C18H25ClN2O3.ClH/c19-15-11-13(5-6-16(15)24-14-3-1-2-4-14)21-18(22)17(20)12-7-9-23-10-8-12;/h5-6,11-12,14,17H,1-4,7-10,20H2,(H,21,22);1H. The normalized spacial score (nSPS) is 19.9. The minimum atomic E-state index is -0.526. The van der Waals surface area contributed by atoms with Crippen LogP contribution < -0.4 is 15.8 Å². The number of nitrogens with one attached hydrogen (secondary N) is 1. The van der Waals surface area contributed by atoms with Crippen molar-refractivity contribution in [2.45, 2.75) is 50.7 Å². The van der Waals surface area contributed by atoms with Gasteiger partial charge in [-0.2, -0.15) is 0 Å². The van der Waals surface area contributed by atoms with Gasteiger partial charge in [0.1, 0.15) is 5.75 Å². The Bertz CT molecular complexity index is 573. The third kappa shape index (κ3) is 5.48. The van der Waals surface area contributed by atoms with Crippen molar-refractivity contribution in [2.75, 3.05) is 18.5 Å². The number of carbonyl (C=O) groups excluding carboxylic acids is 1. The van der Waals surface area contributed by atoms with Gasteiger partial charge in [0.05, 0.1) is 17.2 Å². The first-order valence-electron chi connectivity index (χ1n) is 8.74. The third-order valence-corrected chi connectivity index (χ3v) is 5.17. The number of nitrogens with two attached hydrogens (primary N) is 1. The van der Waals surface area contributed by atoms with Crippen LogP contribution in [0.5, 0.6) is 5.75 Å². The average molecular weight is 389 g/mol. The highest BCUT2D eigenvalue weighted by atomic mass is 35.5. The van der Waals surface area contributed by atoms with Crippen LogP contribution in [-0.2, 0) is 9.53 Å². The van der Waals surface area contributed by atoms with Crippen LogP contribution in [0.1, 0.15) is 38.5 Å². The van der Waals surface area contributed by atoms with Gasteiger partial charge in [0, 0.05) is 18.9 Å². The minimum Gasteiger partial charge on any atom is -0.489 e. The van der Waals surface area contributed by atoms with Crippen molar-refractivity contribution in [3.05, 3.63) is 23.2 Å². The number of rotatable bonds is 5. The largest absolute Gasteiger partial charge is 0.489 e. The molecule has 0 radical (unpaired) electrons. The Morgan fingerprint density at radius 2 is 1.92 bits per heavy atom. The average Bonchev–Trinajstić information content (AvgIpc) is 3.10. The van der Waals surface area contributed by atoms with E-state index in [0.717, 1.165) is 25.7 Å². The van der Waals surface area contributed by atoms with Crippen molar-refractivity contribution >= 4 is 35.6 Å². The lowest BCUT2D eigenvalue weighted by molar-refractivity contribution is -0.119. The van der Waals surface area contributed by atoms with Crippen LogP contribution in [-0.4, -0.2) is 31.3 Å². The van der Waals surface area contributed by atoms with Crippen molar-refractivity contribution in [3.8, 4) is 5.75 Å². The van der Waals surface area contributed by atoms with Crippen molar-refractivity contribution in [3.63, 3.8) is 0 Å². The Balaban J connectivity index is 0.00000225. The molecule has 3 rings (SSSR count). The SMILES string of the molecule is Cl.NC(C(=O)Nc1ccc(OC2CCCC2)c(Cl)c1)C1CCOCC1. The Morgan fingerprint density at radius 3 is 2.56 bits per heavy atom. The third-order valence-electron chi connectivity index (χ3n) is 4.87. The van der Waals surface area contributed by atoms with Gasteiger partial charge in [-0.15, -0.1) is 12.4 Å². The molecule has 140 valence electrons. The molecule has 1 aliphatic carbocycles. The zero-order valence-electron chi connectivity index (χ0n) is 14.2. The molecule has 1 aliphatic heterocycles. The Morgan fingerprint density at radius 1 is 1.24 bits per heavy atom. The maximum Gasteiger partial charge on any atom is 0.241 e. The highest BCUT2D eigenvalue weighted by Gasteiger charge is 2.26. The fourth-order valence-electron chi connectivity index (χ4n) is 3.37. The van der Waals surface area contributed by atoms with E-state index in [1.54, 1.807) is 6.07 Å². The molecule has 25 heavy (non-hydrogen) atoms. The zero-order valence-corrected chi connectivity index (χ0v) is 15.8. The summed E-state index contributed by atoms with van der Waals surface area (Å²) in [7, 11) is 0. The molecule has 1 heterocycles. The lowest BCUT2D eigenvalue weighted by atomic mass is 9.92. The predicted molar refractivity (Wildman–Crippen MR) is 102 cm³/mol. The monoisotopic (exact) mass is 388 g/mol. The molecule has 1 amide bonds. The molecule has 1 atom stereocenters. The smallest absolute Gasteiger partial charge is 0.241 e. The molecule has 7 heteroatoms. The van der Waals surface area contributed by atoms with E-state index in [9.17, 15) is 4.79 Å². The van der Waals surface area contributed by atoms with E-state index >= 15 is 0 Å². The predicted octanol–water partition coefficient (Wildman–Crippen LogP) is 3.78. The molecule has 0 spiro atoms. The summed E-state index contributed by atoms with van der Waals surface area (Å²) in [6.07, 6.45) is 6.47. The molecule has 1 saturated heterocycles. The minimum absolute atomic E-state index is 0. The summed E-state index contributed by atoms with van der Waals surface area (Å²) in [6, 6.07) is 4.82. The van der Waals surface area contributed by atoms with E-state index < -0.39 is 6.04 Å². The Kier molecular flexibility index (Phi) is 7.81. The van der Waals surface area contributed by atoms with Gasteiger partial charge in [-0.1, -0.05) is 11.6 Å². The van der Waals surface area contributed by atoms with Gasteiger partial charge in [0.25, 0.3) is 0 Å². The highest BCUT2D eigenvalue weighted by Crippen LogP contribution is 2.32. The summed E-state index contributed by atoms with van der Waals surface area (Å²) < 4.78 is 11.2. The summed E-state index contributed by atoms with van der Waals surface area (Å²) >= 11 is 6.30. The van der Waals surface area contributed by atoms with Crippen LogP contribution in [0.15, 0.2) is 18.2 Å². The van der Waals surface area contributed by atoms with Gasteiger partial charge in [-0.25, -0.2) is 0 Å². The van der Waals surface area contributed by atoms with E-state index in [-0.39, 0.29) is 30.3 Å². The van der Waals surface area contributed by atoms with E-state index in [2.05, 4.69) is 5.32 Å². The molecule has 0 bridgehead atoms. The first kappa shape index (κ1) is 20.3. The molecule has 1 unspecified atom stereocenters. The fraction of sp³-hybridized carbons (Fsp3) is 0.611. The van der Waals surface area contributed by atoms with Crippen LogP contribution in [0, 0.1) is 5.92 Å². The van der Waals surface area contributed by atoms with Gasteiger partial charge in [-0.3, -0.25) is 4.79 Å². The lowest BCUT2D eigenvalue weighted by Gasteiger charge is -2.26. The van der Waals surface area contributed by atoms with E-state index in [1.807, 2.05) is 12.1 Å².